The molecule has 3 rings (SSSR count). The molecule has 0 aliphatic rings. The summed E-state index contributed by atoms with van der Waals surface area (Å²) in [5.41, 5.74) is 4.18. The molecule has 3 aromatic rings. The molecule has 2 aromatic heterocycles. The van der Waals surface area contributed by atoms with Gasteiger partial charge in [0, 0.05) is 29.7 Å². The van der Waals surface area contributed by atoms with E-state index in [0.29, 0.717) is 0 Å². The van der Waals surface area contributed by atoms with Crippen molar-refractivity contribution >= 4 is 5.82 Å². The van der Waals surface area contributed by atoms with Crippen molar-refractivity contribution in [2.75, 3.05) is 5.32 Å². The fraction of sp³-hybridized carbons (Fsp3) is 0.200. The van der Waals surface area contributed by atoms with Crippen LogP contribution in [0.2, 0.25) is 0 Å². The van der Waals surface area contributed by atoms with Gasteiger partial charge in [-0.25, -0.2) is 9.37 Å². The number of hydrogen-bond acceptors (Lipinski definition) is 3. The van der Waals surface area contributed by atoms with Gasteiger partial charge in [-0.05, 0) is 54.8 Å². The first-order chi connectivity index (χ1) is 11.7. The number of halogens is 1. The summed E-state index contributed by atoms with van der Waals surface area (Å²) in [6.07, 6.45) is 6.52. The zero-order valence-corrected chi connectivity index (χ0v) is 13.8. The first-order valence-electron chi connectivity index (χ1n) is 8.08. The second-order valence-electron chi connectivity index (χ2n) is 5.79. The molecule has 1 N–H and O–H groups in total. The minimum atomic E-state index is -0.229. The predicted octanol–water partition coefficient (Wildman–Crippen LogP) is 5.02. The van der Waals surface area contributed by atoms with E-state index in [2.05, 4.69) is 28.3 Å². The van der Waals surface area contributed by atoms with Crippen LogP contribution in [0.1, 0.15) is 31.0 Å². The van der Waals surface area contributed by atoms with Gasteiger partial charge in [0.2, 0.25) is 0 Å². The van der Waals surface area contributed by atoms with Crippen molar-refractivity contribution in [3.8, 4) is 11.1 Å². The van der Waals surface area contributed by atoms with Crippen molar-refractivity contribution in [2.45, 2.75) is 26.3 Å². The minimum Gasteiger partial charge on any atom is -0.364 e. The third-order valence-corrected chi connectivity index (χ3v) is 4.01. The lowest BCUT2D eigenvalue weighted by atomic mass is 10.1. The fourth-order valence-corrected chi connectivity index (χ4v) is 2.57. The number of benzene rings is 1. The standard InChI is InChI=1S/C20H20FN3/c1-3-15-9-18(12-22-11-15)17-7-8-20(23-13-17)24-14(2)16-5-4-6-19(21)10-16/h4-14H,3H2,1-2H3,(H,23,24). The van der Waals surface area contributed by atoms with Crippen LogP contribution < -0.4 is 5.32 Å². The van der Waals surface area contributed by atoms with Gasteiger partial charge in [-0.3, -0.25) is 4.98 Å². The first kappa shape index (κ1) is 16.1. The van der Waals surface area contributed by atoms with E-state index in [9.17, 15) is 4.39 Å². The number of rotatable bonds is 5. The van der Waals surface area contributed by atoms with Crippen LogP contribution in [0.25, 0.3) is 11.1 Å². The van der Waals surface area contributed by atoms with Crippen molar-refractivity contribution in [1.82, 2.24) is 9.97 Å². The van der Waals surface area contributed by atoms with E-state index in [0.717, 1.165) is 28.9 Å². The Balaban J connectivity index is 1.74. The normalized spacial score (nSPS) is 12.0. The van der Waals surface area contributed by atoms with Gasteiger partial charge in [0.05, 0.1) is 6.04 Å². The lowest BCUT2D eigenvalue weighted by Crippen LogP contribution is -2.08. The fourth-order valence-electron chi connectivity index (χ4n) is 2.57. The number of anilines is 1. The largest absolute Gasteiger partial charge is 0.364 e. The predicted molar refractivity (Wildman–Crippen MR) is 95.3 cm³/mol. The summed E-state index contributed by atoms with van der Waals surface area (Å²) in [5.74, 6) is 0.530. The van der Waals surface area contributed by atoms with E-state index in [1.165, 1.54) is 17.7 Å². The Bertz CT molecular complexity index is 815. The Morgan fingerprint density at radius 1 is 1.04 bits per heavy atom. The minimum absolute atomic E-state index is 0.0239. The zero-order valence-electron chi connectivity index (χ0n) is 13.8. The maximum Gasteiger partial charge on any atom is 0.126 e. The van der Waals surface area contributed by atoms with Crippen molar-refractivity contribution in [3.63, 3.8) is 0 Å². The van der Waals surface area contributed by atoms with E-state index in [1.54, 1.807) is 6.07 Å². The van der Waals surface area contributed by atoms with Gasteiger partial charge in [0.25, 0.3) is 0 Å². The molecule has 0 fully saturated rings. The summed E-state index contributed by atoms with van der Waals surface area (Å²) >= 11 is 0. The molecule has 0 saturated carbocycles. The maximum absolute atomic E-state index is 13.3. The van der Waals surface area contributed by atoms with E-state index < -0.39 is 0 Å². The molecular formula is C20H20FN3. The van der Waals surface area contributed by atoms with Crippen LogP contribution in [0, 0.1) is 5.82 Å². The number of pyridine rings is 2. The van der Waals surface area contributed by atoms with Gasteiger partial charge in [-0.1, -0.05) is 19.1 Å². The smallest absolute Gasteiger partial charge is 0.126 e. The van der Waals surface area contributed by atoms with E-state index >= 15 is 0 Å². The van der Waals surface area contributed by atoms with E-state index in [4.69, 9.17) is 0 Å². The molecular weight excluding hydrogens is 301 g/mol. The Hall–Kier alpha value is -2.75. The Morgan fingerprint density at radius 2 is 1.92 bits per heavy atom. The Labute approximate surface area is 141 Å². The SMILES string of the molecule is CCc1cncc(-c2ccc(NC(C)c3cccc(F)c3)nc2)c1. The molecule has 1 atom stereocenters. The highest BCUT2D eigenvalue weighted by molar-refractivity contribution is 5.63. The lowest BCUT2D eigenvalue weighted by Gasteiger charge is -2.15. The van der Waals surface area contributed by atoms with Crippen LogP contribution in [-0.2, 0) is 6.42 Å². The number of aryl methyl sites for hydroxylation is 1. The van der Waals surface area contributed by atoms with Crippen LogP contribution in [0.3, 0.4) is 0 Å². The number of nitrogens with one attached hydrogen (secondary N) is 1. The molecule has 1 aromatic carbocycles. The van der Waals surface area contributed by atoms with Gasteiger partial charge in [-0.15, -0.1) is 0 Å². The molecule has 0 amide bonds. The van der Waals surface area contributed by atoms with E-state index in [1.807, 2.05) is 43.7 Å². The second kappa shape index (κ2) is 7.21. The maximum atomic E-state index is 13.3. The topological polar surface area (TPSA) is 37.8 Å². The molecule has 0 aliphatic heterocycles. The van der Waals surface area contributed by atoms with Crippen molar-refractivity contribution in [1.29, 1.82) is 0 Å². The van der Waals surface area contributed by atoms with Crippen molar-refractivity contribution in [3.05, 3.63) is 78.0 Å². The summed E-state index contributed by atoms with van der Waals surface area (Å²) in [6, 6.07) is 12.7. The van der Waals surface area contributed by atoms with Crippen LogP contribution >= 0.6 is 0 Å². The quantitative estimate of drug-likeness (QED) is 0.717. The Morgan fingerprint density at radius 3 is 2.62 bits per heavy atom. The molecule has 4 heteroatoms. The molecule has 0 aliphatic carbocycles. The molecule has 1 unspecified atom stereocenters. The summed E-state index contributed by atoms with van der Waals surface area (Å²) in [7, 11) is 0. The van der Waals surface area contributed by atoms with Crippen LogP contribution in [0.4, 0.5) is 10.2 Å². The average Bonchev–Trinajstić information content (AvgIpc) is 2.62. The summed E-state index contributed by atoms with van der Waals surface area (Å²) in [6.45, 7) is 4.10. The summed E-state index contributed by atoms with van der Waals surface area (Å²) in [4.78, 5) is 8.74. The van der Waals surface area contributed by atoms with Crippen molar-refractivity contribution < 1.29 is 4.39 Å². The lowest BCUT2D eigenvalue weighted by molar-refractivity contribution is 0.623. The highest BCUT2D eigenvalue weighted by Gasteiger charge is 2.07. The highest BCUT2D eigenvalue weighted by Crippen LogP contribution is 2.22. The summed E-state index contributed by atoms with van der Waals surface area (Å²) in [5, 5.41) is 3.29. The molecule has 0 spiro atoms. The zero-order chi connectivity index (χ0) is 16.9. The van der Waals surface area contributed by atoms with Crippen molar-refractivity contribution in [2.24, 2.45) is 0 Å². The molecule has 3 nitrogen and oxygen atoms in total. The molecule has 2 heterocycles. The molecule has 122 valence electrons. The third-order valence-electron chi connectivity index (χ3n) is 4.01. The van der Waals surface area contributed by atoms with Gasteiger partial charge >= 0.3 is 0 Å². The van der Waals surface area contributed by atoms with Crippen LogP contribution in [-0.4, -0.2) is 9.97 Å². The molecule has 0 saturated heterocycles. The highest BCUT2D eigenvalue weighted by atomic mass is 19.1. The monoisotopic (exact) mass is 321 g/mol. The van der Waals surface area contributed by atoms with Crippen LogP contribution in [0.15, 0.2) is 61.1 Å². The second-order valence-corrected chi connectivity index (χ2v) is 5.79. The first-order valence-corrected chi connectivity index (χ1v) is 8.08. The van der Waals surface area contributed by atoms with Gasteiger partial charge in [-0.2, -0.15) is 0 Å². The summed E-state index contributed by atoms with van der Waals surface area (Å²) < 4.78 is 13.3. The van der Waals surface area contributed by atoms with Gasteiger partial charge < -0.3 is 5.32 Å². The molecule has 24 heavy (non-hydrogen) atoms. The van der Waals surface area contributed by atoms with Gasteiger partial charge in [0.1, 0.15) is 11.6 Å². The van der Waals surface area contributed by atoms with E-state index in [-0.39, 0.29) is 11.9 Å². The van der Waals surface area contributed by atoms with Crippen LogP contribution in [0.5, 0.6) is 0 Å². The number of aromatic nitrogens is 2. The molecule has 0 radical (unpaired) electrons. The molecule has 0 bridgehead atoms. The number of hydrogen-bond donors (Lipinski definition) is 1. The Kier molecular flexibility index (Phi) is 4.85. The third kappa shape index (κ3) is 3.77. The van der Waals surface area contributed by atoms with Gasteiger partial charge in [0.15, 0.2) is 0 Å². The number of nitrogens with zero attached hydrogens (tertiary/aromatic N) is 2. The average molecular weight is 321 g/mol.